The maximum absolute atomic E-state index is 11.0. The highest BCUT2D eigenvalue weighted by Crippen LogP contribution is 2.34. The van der Waals surface area contributed by atoms with Crippen molar-refractivity contribution < 1.29 is 9.90 Å². The van der Waals surface area contributed by atoms with Gasteiger partial charge in [-0.1, -0.05) is 0 Å². The van der Waals surface area contributed by atoms with Gasteiger partial charge in [-0.25, -0.2) is 4.79 Å². The Balaban J connectivity index is 1.78. The molecular formula is C12H15N3O2. The predicted molar refractivity (Wildman–Crippen MR) is 65.1 cm³/mol. The first-order chi connectivity index (χ1) is 8.15. The second-order valence-electron chi connectivity index (χ2n) is 4.72. The molecule has 17 heavy (non-hydrogen) atoms. The molecule has 0 aliphatic carbocycles. The number of fused-ring (bicyclic) bond motifs is 2. The third kappa shape index (κ3) is 1.58. The molecule has 5 heteroatoms. The molecule has 2 aliphatic heterocycles. The summed E-state index contributed by atoms with van der Waals surface area (Å²) >= 11 is 0. The van der Waals surface area contributed by atoms with Crippen molar-refractivity contribution in [3.63, 3.8) is 0 Å². The fourth-order valence-corrected chi connectivity index (χ4v) is 2.88. The third-order valence-corrected chi connectivity index (χ3v) is 3.71. The summed E-state index contributed by atoms with van der Waals surface area (Å²) < 4.78 is 0. The number of piperazine rings is 1. The number of hydrogen-bond acceptors (Lipinski definition) is 3. The van der Waals surface area contributed by atoms with E-state index in [0.29, 0.717) is 12.6 Å². The van der Waals surface area contributed by atoms with Gasteiger partial charge in [-0.05, 0) is 30.7 Å². The van der Waals surface area contributed by atoms with Crippen molar-refractivity contribution in [2.45, 2.75) is 18.5 Å². The number of anilines is 2. The maximum atomic E-state index is 11.0. The van der Waals surface area contributed by atoms with E-state index in [-0.39, 0.29) is 6.04 Å². The van der Waals surface area contributed by atoms with E-state index in [0.717, 1.165) is 24.3 Å². The minimum absolute atomic E-state index is 0.148. The number of nitrogens with zero attached hydrogens (tertiary/aromatic N) is 2. The van der Waals surface area contributed by atoms with Crippen LogP contribution in [-0.2, 0) is 0 Å². The van der Waals surface area contributed by atoms with Crippen LogP contribution in [0.5, 0.6) is 0 Å². The monoisotopic (exact) mass is 233 g/mol. The molecule has 3 rings (SSSR count). The maximum Gasteiger partial charge on any atom is 0.407 e. The Morgan fingerprint density at radius 2 is 1.94 bits per heavy atom. The molecule has 2 bridgehead atoms. The Morgan fingerprint density at radius 3 is 2.47 bits per heavy atom. The second-order valence-corrected chi connectivity index (χ2v) is 4.72. The van der Waals surface area contributed by atoms with Crippen LogP contribution in [0, 0.1) is 0 Å². The zero-order valence-electron chi connectivity index (χ0n) is 9.41. The van der Waals surface area contributed by atoms with Gasteiger partial charge in [0.2, 0.25) is 0 Å². The quantitative estimate of drug-likeness (QED) is 0.715. The summed E-state index contributed by atoms with van der Waals surface area (Å²) in [7, 11) is 0. The molecule has 2 heterocycles. The van der Waals surface area contributed by atoms with Crippen molar-refractivity contribution in [1.29, 1.82) is 0 Å². The Bertz CT molecular complexity index is 446. The Kier molecular flexibility index (Phi) is 2.14. The first-order valence-corrected chi connectivity index (χ1v) is 5.77. The van der Waals surface area contributed by atoms with Gasteiger partial charge in [0.25, 0.3) is 0 Å². The van der Waals surface area contributed by atoms with Crippen molar-refractivity contribution >= 4 is 17.5 Å². The van der Waals surface area contributed by atoms with Crippen molar-refractivity contribution in [3.05, 3.63) is 24.3 Å². The van der Waals surface area contributed by atoms with Crippen LogP contribution in [-0.4, -0.2) is 41.3 Å². The van der Waals surface area contributed by atoms with Gasteiger partial charge >= 0.3 is 6.09 Å². The number of nitrogen functional groups attached to an aromatic ring is 1. The Hall–Kier alpha value is -1.91. The average molecular weight is 233 g/mol. The molecule has 0 saturated carbocycles. The molecule has 3 N–H and O–H groups in total. The molecule has 0 unspecified atom stereocenters. The molecular weight excluding hydrogens is 218 g/mol. The van der Waals surface area contributed by atoms with Gasteiger partial charge in [-0.2, -0.15) is 0 Å². The van der Waals surface area contributed by atoms with Gasteiger partial charge in [0, 0.05) is 30.5 Å². The smallest absolute Gasteiger partial charge is 0.407 e. The van der Waals surface area contributed by atoms with Crippen molar-refractivity contribution in [3.8, 4) is 0 Å². The SMILES string of the molecule is Nc1ccc(N2C[C@@H]3C[C@H]2CN3C(=O)O)cc1. The highest BCUT2D eigenvalue weighted by Gasteiger charge is 2.45. The summed E-state index contributed by atoms with van der Waals surface area (Å²) in [4.78, 5) is 14.8. The van der Waals surface area contributed by atoms with E-state index in [1.807, 2.05) is 24.3 Å². The van der Waals surface area contributed by atoms with Gasteiger partial charge < -0.3 is 20.6 Å². The lowest BCUT2D eigenvalue weighted by Crippen LogP contribution is -2.48. The lowest BCUT2D eigenvalue weighted by atomic mass is 10.2. The van der Waals surface area contributed by atoms with Crippen LogP contribution < -0.4 is 10.6 Å². The van der Waals surface area contributed by atoms with E-state index in [4.69, 9.17) is 10.8 Å². The highest BCUT2D eigenvalue weighted by atomic mass is 16.4. The fourth-order valence-electron chi connectivity index (χ4n) is 2.88. The minimum Gasteiger partial charge on any atom is -0.465 e. The number of hydrogen-bond donors (Lipinski definition) is 2. The fraction of sp³-hybridized carbons (Fsp3) is 0.417. The predicted octanol–water partition coefficient (Wildman–Crippen LogP) is 1.21. The molecule has 5 nitrogen and oxygen atoms in total. The first kappa shape index (κ1) is 10.3. The van der Waals surface area contributed by atoms with Crippen LogP contribution in [0.15, 0.2) is 24.3 Å². The summed E-state index contributed by atoms with van der Waals surface area (Å²) in [5.74, 6) is 0. The Morgan fingerprint density at radius 1 is 1.24 bits per heavy atom. The number of carboxylic acid groups (broad SMARTS) is 1. The van der Waals surface area contributed by atoms with Gasteiger partial charge in [0.15, 0.2) is 0 Å². The molecule has 2 atom stereocenters. The van der Waals surface area contributed by atoms with Crippen molar-refractivity contribution in [1.82, 2.24) is 4.90 Å². The summed E-state index contributed by atoms with van der Waals surface area (Å²) in [6, 6.07) is 8.24. The van der Waals surface area contributed by atoms with Crippen molar-refractivity contribution in [2.75, 3.05) is 23.7 Å². The first-order valence-electron chi connectivity index (χ1n) is 5.77. The van der Waals surface area contributed by atoms with Crippen LogP contribution in [0.3, 0.4) is 0 Å². The summed E-state index contributed by atoms with van der Waals surface area (Å²) in [5, 5.41) is 9.02. The van der Waals surface area contributed by atoms with Crippen LogP contribution in [0.2, 0.25) is 0 Å². The van der Waals surface area contributed by atoms with Crippen molar-refractivity contribution in [2.24, 2.45) is 0 Å². The average Bonchev–Trinajstić information content (AvgIpc) is 2.89. The van der Waals surface area contributed by atoms with E-state index in [9.17, 15) is 4.79 Å². The summed E-state index contributed by atoms with van der Waals surface area (Å²) in [6.45, 7) is 1.41. The second kappa shape index (κ2) is 3.55. The van der Waals surface area contributed by atoms with E-state index in [1.165, 1.54) is 0 Å². The van der Waals surface area contributed by atoms with Crippen LogP contribution in [0.1, 0.15) is 6.42 Å². The molecule has 1 aromatic rings. The molecule has 2 fully saturated rings. The Labute approximate surface area is 99.4 Å². The largest absolute Gasteiger partial charge is 0.465 e. The summed E-state index contributed by atoms with van der Waals surface area (Å²) in [5.41, 5.74) is 7.55. The number of carbonyl (C=O) groups is 1. The van der Waals surface area contributed by atoms with Gasteiger partial charge in [0.1, 0.15) is 0 Å². The van der Waals surface area contributed by atoms with Crippen LogP contribution >= 0.6 is 0 Å². The van der Waals surface area contributed by atoms with E-state index < -0.39 is 6.09 Å². The number of rotatable bonds is 1. The standard InChI is InChI=1S/C12H15N3O2/c13-8-1-3-9(4-2-8)14-6-11-5-10(14)7-15(11)12(16)17/h1-4,10-11H,5-7,13H2,(H,16,17)/t10-,11-/m0/s1. The third-order valence-electron chi connectivity index (χ3n) is 3.71. The molecule has 0 spiro atoms. The molecule has 2 aliphatic rings. The number of amides is 1. The lowest BCUT2D eigenvalue weighted by Gasteiger charge is -2.34. The summed E-state index contributed by atoms with van der Waals surface area (Å²) in [6.07, 6.45) is 0.144. The van der Waals surface area contributed by atoms with Crippen LogP contribution in [0.4, 0.5) is 16.2 Å². The molecule has 0 radical (unpaired) electrons. The number of nitrogens with two attached hydrogens (primary N) is 1. The van der Waals surface area contributed by atoms with E-state index >= 15 is 0 Å². The van der Waals surface area contributed by atoms with Gasteiger partial charge in [-0.3, -0.25) is 0 Å². The number of likely N-dealkylation sites (tertiary alicyclic amines) is 1. The molecule has 1 amide bonds. The van der Waals surface area contributed by atoms with Crippen LogP contribution in [0.25, 0.3) is 0 Å². The van der Waals surface area contributed by atoms with Gasteiger partial charge in [0.05, 0.1) is 6.04 Å². The van der Waals surface area contributed by atoms with E-state index in [2.05, 4.69) is 4.90 Å². The highest BCUT2D eigenvalue weighted by molar-refractivity contribution is 5.67. The molecule has 90 valence electrons. The normalized spacial score (nSPS) is 26.6. The topological polar surface area (TPSA) is 69.8 Å². The lowest BCUT2D eigenvalue weighted by molar-refractivity contribution is 0.137. The molecule has 0 aromatic heterocycles. The zero-order chi connectivity index (χ0) is 12.0. The molecule has 1 aromatic carbocycles. The minimum atomic E-state index is -0.797. The van der Waals surface area contributed by atoms with E-state index in [1.54, 1.807) is 4.90 Å². The molecule has 2 saturated heterocycles. The number of benzene rings is 1. The van der Waals surface area contributed by atoms with Gasteiger partial charge in [-0.15, -0.1) is 0 Å². The zero-order valence-corrected chi connectivity index (χ0v) is 9.41.